The highest BCUT2D eigenvalue weighted by Crippen LogP contribution is 2.01. The zero-order chi connectivity index (χ0) is 14.4. The summed E-state index contributed by atoms with van der Waals surface area (Å²) < 4.78 is 13.3. The van der Waals surface area contributed by atoms with Gasteiger partial charge in [-0.15, -0.1) is 0 Å². The molecule has 0 fully saturated rings. The molecule has 20 heavy (non-hydrogen) atoms. The van der Waals surface area contributed by atoms with Gasteiger partial charge in [0.05, 0.1) is 17.3 Å². The van der Waals surface area contributed by atoms with Gasteiger partial charge in [-0.1, -0.05) is 13.8 Å². The Balaban J connectivity index is 2.40. The molecule has 1 unspecified atom stereocenters. The van der Waals surface area contributed by atoms with E-state index in [1.807, 2.05) is 0 Å². The molecule has 0 radical (unpaired) electrons. The van der Waals surface area contributed by atoms with Gasteiger partial charge >= 0.3 is 0 Å². The van der Waals surface area contributed by atoms with Crippen LogP contribution in [-0.4, -0.2) is 25.7 Å². The van der Waals surface area contributed by atoms with Crippen LogP contribution < -0.4 is 21.3 Å². The molecule has 0 aromatic heterocycles. The summed E-state index contributed by atoms with van der Waals surface area (Å²) in [6, 6.07) is 4.81. The second-order valence-electron chi connectivity index (χ2n) is 5.18. The fourth-order valence-electron chi connectivity index (χ4n) is 2.02. The predicted octanol–water partition coefficient (Wildman–Crippen LogP) is 0.754. The minimum Gasteiger partial charge on any atom is -0.388 e. The second kappa shape index (κ2) is 7.14. The summed E-state index contributed by atoms with van der Waals surface area (Å²) in [4.78, 5) is 8.84. The maximum Gasteiger partial charge on any atom is 0.125 e. The summed E-state index contributed by atoms with van der Waals surface area (Å²) in [6.45, 7) is 6.70. The van der Waals surface area contributed by atoms with Crippen LogP contribution in [0.4, 0.5) is 4.39 Å². The van der Waals surface area contributed by atoms with Crippen molar-refractivity contribution < 1.29 is 4.39 Å². The maximum atomic E-state index is 13.3. The van der Waals surface area contributed by atoms with Gasteiger partial charge in [0.2, 0.25) is 0 Å². The highest BCUT2D eigenvalue weighted by atomic mass is 19.1. The van der Waals surface area contributed by atoms with E-state index < -0.39 is 0 Å². The Labute approximate surface area is 118 Å². The van der Waals surface area contributed by atoms with Crippen LogP contribution in [0.2, 0.25) is 0 Å². The first kappa shape index (κ1) is 14.7. The fraction of sp³-hybridized carbons (Fsp3) is 0.467. The van der Waals surface area contributed by atoms with E-state index in [1.165, 1.54) is 12.1 Å². The minimum absolute atomic E-state index is 0.297. The van der Waals surface area contributed by atoms with Crippen molar-refractivity contribution in [2.45, 2.75) is 19.9 Å². The van der Waals surface area contributed by atoms with Crippen LogP contribution in [0.5, 0.6) is 0 Å². The molecule has 0 saturated heterocycles. The number of fused-ring (bicyclic) bond motifs is 1. The lowest BCUT2D eigenvalue weighted by Gasteiger charge is -2.20. The van der Waals surface area contributed by atoms with Gasteiger partial charge in [0.25, 0.3) is 0 Å². The third kappa shape index (κ3) is 4.13. The molecule has 0 spiro atoms. The lowest BCUT2D eigenvalue weighted by atomic mass is 10.0. The number of nitrogens with one attached hydrogen (secondary N) is 2. The third-order valence-electron chi connectivity index (χ3n) is 3.28. The molecule has 5 heteroatoms. The lowest BCUT2D eigenvalue weighted by Crippen LogP contribution is -2.41. The van der Waals surface area contributed by atoms with Gasteiger partial charge in [-0.25, -0.2) is 4.39 Å². The second-order valence-corrected chi connectivity index (χ2v) is 5.18. The molecule has 1 aliphatic rings. The van der Waals surface area contributed by atoms with Gasteiger partial charge in [0.1, 0.15) is 5.82 Å². The molecule has 0 bridgehead atoms. The average Bonchev–Trinajstić information content (AvgIpc) is 2.40. The van der Waals surface area contributed by atoms with Crippen LogP contribution in [0, 0.1) is 11.7 Å². The highest BCUT2D eigenvalue weighted by Gasteiger charge is 2.11. The SMILES string of the molecule is CC(C)C1C/N=c2/ccc(F)c/c2=N/C=C/NCCN1. The van der Waals surface area contributed by atoms with Crippen LogP contribution in [0.25, 0.3) is 0 Å². The number of rotatable bonds is 1. The summed E-state index contributed by atoms with van der Waals surface area (Å²) >= 11 is 0. The van der Waals surface area contributed by atoms with Gasteiger partial charge in [-0.3, -0.25) is 9.98 Å². The largest absolute Gasteiger partial charge is 0.388 e. The molecule has 4 nitrogen and oxygen atoms in total. The van der Waals surface area contributed by atoms with Crippen LogP contribution in [0.1, 0.15) is 13.8 Å². The smallest absolute Gasteiger partial charge is 0.125 e. The number of nitrogens with zero attached hydrogens (tertiary/aromatic N) is 2. The van der Waals surface area contributed by atoms with Crippen molar-refractivity contribution >= 4 is 0 Å². The van der Waals surface area contributed by atoms with Gasteiger partial charge in [-0.2, -0.15) is 0 Å². The van der Waals surface area contributed by atoms with E-state index in [-0.39, 0.29) is 5.82 Å². The molecule has 108 valence electrons. The van der Waals surface area contributed by atoms with Gasteiger partial charge in [0.15, 0.2) is 0 Å². The minimum atomic E-state index is -0.297. The van der Waals surface area contributed by atoms with Crippen molar-refractivity contribution in [3.05, 3.63) is 47.1 Å². The van der Waals surface area contributed by atoms with Crippen LogP contribution in [0.3, 0.4) is 0 Å². The van der Waals surface area contributed by atoms with Crippen molar-refractivity contribution in [1.29, 1.82) is 0 Å². The Morgan fingerprint density at radius 2 is 2.10 bits per heavy atom. The van der Waals surface area contributed by atoms with E-state index in [0.717, 1.165) is 18.4 Å². The van der Waals surface area contributed by atoms with E-state index >= 15 is 0 Å². The monoisotopic (exact) mass is 276 g/mol. The van der Waals surface area contributed by atoms with Crippen molar-refractivity contribution in [1.82, 2.24) is 10.6 Å². The van der Waals surface area contributed by atoms with Gasteiger partial charge in [-0.05, 0) is 18.1 Å². The molecule has 1 aromatic carbocycles. The van der Waals surface area contributed by atoms with Crippen molar-refractivity contribution in [2.24, 2.45) is 15.9 Å². The Morgan fingerprint density at radius 1 is 1.25 bits per heavy atom. The topological polar surface area (TPSA) is 48.8 Å². The van der Waals surface area contributed by atoms with Crippen molar-refractivity contribution in [2.75, 3.05) is 19.6 Å². The third-order valence-corrected chi connectivity index (χ3v) is 3.28. The summed E-state index contributed by atoms with van der Waals surface area (Å²) in [6.07, 6.45) is 3.40. The van der Waals surface area contributed by atoms with Crippen molar-refractivity contribution in [3.63, 3.8) is 0 Å². The summed E-state index contributed by atoms with van der Waals surface area (Å²) in [5, 5.41) is 7.92. The number of benzene rings is 1. The van der Waals surface area contributed by atoms with E-state index in [1.54, 1.807) is 18.5 Å². The first-order chi connectivity index (χ1) is 9.66. The van der Waals surface area contributed by atoms with Gasteiger partial charge < -0.3 is 10.6 Å². The summed E-state index contributed by atoms with van der Waals surface area (Å²) in [7, 11) is 0. The molecule has 2 N–H and O–H groups in total. The van der Waals surface area contributed by atoms with E-state index in [0.29, 0.717) is 23.9 Å². The van der Waals surface area contributed by atoms with E-state index in [2.05, 4.69) is 34.5 Å². The number of hydrogen-bond acceptors (Lipinski definition) is 4. The Hall–Kier alpha value is -1.75. The number of hydrogen-bond donors (Lipinski definition) is 2. The maximum absolute atomic E-state index is 13.3. The highest BCUT2D eigenvalue weighted by molar-refractivity contribution is 5.04. The molecule has 1 atom stereocenters. The first-order valence-corrected chi connectivity index (χ1v) is 6.96. The molecule has 0 aliphatic carbocycles. The molecular formula is C15H21FN4. The van der Waals surface area contributed by atoms with Crippen LogP contribution in [0.15, 0.2) is 40.6 Å². The zero-order valence-electron chi connectivity index (χ0n) is 11.9. The Morgan fingerprint density at radius 3 is 2.90 bits per heavy atom. The lowest BCUT2D eigenvalue weighted by molar-refractivity contribution is 0.406. The summed E-state index contributed by atoms with van der Waals surface area (Å²) in [5.74, 6) is 0.188. The Kier molecular flexibility index (Phi) is 5.24. The van der Waals surface area contributed by atoms with Crippen LogP contribution in [-0.2, 0) is 0 Å². The molecule has 0 amide bonds. The van der Waals surface area contributed by atoms with Gasteiger partial charge in [0, 0.05) is 37.6 Å². The predicted molar refractivity (Wildman–Crippen MR) is 77.4 cm³/mol. The fourth-order valence-corrected chi connectivity index (χ4v) is 2.02. The molecule has 0 saturated carbocycles. The molecular weight excluding hydrogens is 255 g/mol. The molecule has 1 heterocycles. The normalized spacial score (nSPS) is 24.9. The van der Waals surface area contributed by atoms with E-state index in [4.69, 9.17) is 0 Å². The molecule has 1 aliphatic heterocycles. The quantitative estimate of drug-likeness (QED) is 0.795. The summed E-state index contributed by atoms with van der Waals surface area (Å²) in [5.41, 5.74) is 0. The molecule has 1 aromatic rings. The molecule has 2 rings (SSSR count). The zero-order valence-corrected chi connectivity index (χ0v) is 11.9. The average molecular weight is 276 g/mol. The number of halogens is 1. The first-order valence-electron chi connectivity index (χ1n) is 6.96. The van der Waals surface area contributed by atoms with Crippen LogP contribution >= 0.6 is 0 Å². The standard InChI is InChI=1S/C15H21FN4/c1-11(2)15-10-20-13-4-3-12(16)9-14(13)18-7-5-17-6-8-19-15/h3-5,7,9,11,15,17,19H,6,8,10H2,1-2H3/b7-5+,18-14-,20-13-. The van der Waals surface area contributed by atoms with Crippen molar-refractivity contribution in [3.8, 4) is 0 Å². The van der Waals surface area contributed by atoms with E-state index in [9.17, 15) is 4.39 Å². The Bertz CT molecular complexity index is 580.